The van der Waals surface area contributed by atoms with Crippen molar-refractivity contribution in [3.8, 4) is 11.5 Å². The van der Waals surface area contributed by atoms with Gasteiger partial charge in [-0.1, -0.05) is 16.8 Å². The van der Waals surface area contributed by atoms with Crippen LogP contribution < -0.4 is 11.1 Å². The minimum absolute atomic E-state index is 0.00914. The van der Waals surface area contributed by atoms with Crippen LogP contribution in [0.15, 0.2) is 33.9 Å². The van der Waals surface area contributed by atoms with Crippen LogP contribution >= 0.6 is 34.7 Å². The molecule has 260 valence electrons. The van der Waals surface area contributed by atoms with Gasteiger partial charge < -0.3 is 45.7 Å². The maximum atomic E-state index is 13.4. The van der Waals surface area contributed by atoms with Crippen LogP contribution in [0.5, 0.6) is 11.5 Å². The molecule has 49 heavy (non-hydrogen) atoms. The number of piperazine rings is 1. The molecule has 0 saturated carbocycles. The fourth-order valence-electron chi connectivity index (χ4n) is 6.57. The minimum Gasteiger partial charge on any atom is -0.504 e. The molecule has 0 aliphatic carbocycles. The van der Waals surface area contributed by atoms with E-state index in [2.05, 4.69) is 15.5 Å². The number of halogens is 1. The number of carboxylic acids is 2. The third kappa shape index (κ3) is 6.22. The Morgan fingerprint density at radius 2 is 2.00 bits per heavy atom. The third-order valence-corrected chi connectivity index (χ3v) is 11.5. The lowest BCUT2D eigenvalue weighted by Crippen LogP contribution is -2.71. The summed E-state index contributed by atoms with van der Waals surface area (Å²) in [5.74, 6) is -5.22. The average Bonchev–Trinajstić information content (AvgIpc) is 3.64. The Kier molecular flexibility index (Phi) is 9.12. The van der Waals surface area contributed by atoms with E-state index >= 15 is 0 Å². The van der Waals surface area contributed by atoms with E-state index in [1.54, 1.807) is 4.90 Å². The van der Waals surface area contributed by atoms with E-state index in [1.165, 1.54) is 41.1 Å². The molecular formula is C29H31ClN7O10S2+. The number of quaternary nitrogens is 1. The Morgan fingerprint density at radius 1 is 1.24 bits per heavy atom. The Morgan fingerprint density at radius 3 is 2.67 bits per heavy atom. The number of phenols is 2. The van der Waals surface area contributed by atoms with E-state index < -0.39 is 58.5 Å². The van der Waals surface area contributed by atoms with Crippen molar-refractivity contribution in [2.45, 2.75) is 36.9 Å². The third-order valence-electron chi connectivity index (χ3n) is 9.07. The highest BCUT2D eigenvalue weighted by atomic mass is 35.5. The number of aliphatic carboxylic acids is 2. The normalized spacial score (nSPS) is 25.4. The molecule has 17 nitrogen and oxygen atoms in total. The number of thioether (sulfide) groups is 1. The lowest BCUT2D eigenvalue weighted by Gasteiger charge is -2.50. The fraction of sp³-hybridized carbons (Fsp3) is 0.414. The monoisotopic (exact) mass is 736 g/mol. The number of phenolic OH excluding ortho intramolecular Hbond substituents is 2. The maximum Gasteiger partial charge on any atom is 0.352 e. The number of carboxylic acid groups (broad SMARTS) is 2. The van der Waals surface area contributed by atoms with Crippen LogP contribution in [0.2, 0.25) is 5.02 Å². The van der Waals surface area contributed by atoms with Crippen molar-refractivity contribution in [1.29, 1.82) is 0 Å². The van der Waals surface area contributed by atoms with Crippen LogP contribution in [-0.4, -0.2) is 137 Å². The molecule has 20 heteroatoms. The summed E-state index contributed by atoms with van der Waals surface area (Å²) in [6, 6.07) is 1.30. The molecular weight excluding hydrogens is 706 g/mol. The predicted molar refractivity (Wildman–Crippen MR) is 175 cm³/mol. The Balaban J connectivity index is 1.16. The molecule has 0 spiro atoms. The molecule has 2 bridgehead atoms. The molecule has 3 saturated heterocycles. The van der Waals surface area contributed by atoms with Crippen molar-refractivity contribution in [3.63, 3.8) is 0 Å². The lowest BCUT2D eigenvalue weighted by atomic mass is 10.0. The van der Waals surface area contributed by atoms with Crippen LogP contribution in [0.3, 0.4) is 0 Å². The van der Waals surface area contributed by atoms with Crippen LogP contribution in [-0.2, 0) is 24.0 Å². The number of thiazole rings is 1. The zero-order valence-corrected chi connectivity index (χ0v) is 28.1. The molecule has 5 atom stereocenters. The largest absolute Gasteiger partial charge is 0.504 e. The van der Waals surface area contributed by atoms with Gasteiger partial charge in [-0.25, -0.2) is 14.6 Å². The first-order chi connectivity index (χ1) is 23.2. The zero-order chi connectivity index (χ0) is 35.4. The number of aromatic nitrogens is 1. The highest BCUT2D eigenvalue weighted by Crippen LogP contribution is 2.43. The Labute approximate surface area is 291 Å². The van der Waals surface area contributed by atoms with Gasteiger partial charge in [-0.15, -0.1) is 23.1 Å². The number of nitrogens with two attached hydrogens (primary N) is 1. The number of aromatic hydroxyl groups is 2. The van der Waals surface area contributed by atoms with Crippen molar-refractivity contribution in [1.82, 2.24) is 20.1 Å². The number of oxime groups is 1. The second kappa shape index (κ2) is 13.0. The van der Waals surface area contributed by atoms with Crippen molar-refractivity contribution in [2.24, 2.45) is 5.16 Å². The number of nitrogens with zero attached hydrogens (tertiary/aromatic N) is 5. The van der Waals surface area contributed by atoms with Crippen molar-refractivity contribution >= 4 is 75.2 Å². The first-order valence-corrected chi connectivity index (χ1v) is 17.3. The van der Waals surface area contributed by atoms with Crippen LogP contribution in [0.1, 0.15) is 29.4 Å². The van der Waals surface area contributed by atoms with Crippen molar-refractivity contribution in [3.05, 3.63) is 45.1 Å². The number of nitrogen functional groups attached to an aromatic ring is 1. The molecule has 0 unspecified atom stereocenters. The number of amides is 3. The van der Waals surface area contributed by atoms with E-state index in [0.29, 0.717) is 49.2 Å². The number of anilines is 1. The average molecular weight is 737 g/mol. The molecule has 7 N–H and O–H groups in total. The van der Waals surface area contributed by atoms with Gasteiger partial charge >= 0.3 is 11.9 Å². The fourth-order valence-corrected chi connectivity index (χ4v) is 8.70. The molecule has 3 amide bonds. The number of β-lactam (4-membered cyclic amide) rings is 1. The minimum atomic E-state index is -1.39. The van der Waals surface area contributed by atoms with Gasteiger partial charge in [0.05, 0.1) is 42.8 Å². The number of benzene rings is 1. The van der Waals surface area contributed by atoms with Crippen molar-refractivity contribution in [2.75, 3.05) is 44.2 Å². The molecule has 4 aliphatic rings. The van der Waals surface area contributed by atoms with Gasteiger partial charge in [0, 0.05) is 23.1 Å². The smallest absolute Gasteiger partial charge is 0.352 e. The van der Waals surface area contributed by atoms with Crippen molar-refractivity contribution < 1.29 is 53.7 Å². The zero-order valence-electron chi connectivity index (χ0n) is 25.7. The van der Waals surface area contributed by atoms with Gasteiger partial charge in [0.15, 0.2) is 22.3 Å². The summed E-state index contributed by atoms with van der Waals surface area (Å²) in [5.41, 5.74) is 5.80. The number of carbonyl (C=O) groups is 5. The summed E-state index contributed by atoms with van der Waals surface area (Å²) >= 11 is 8.47. The van der Waals surface area contributed by atoms with Gasteiger partial charge in [0.25, 0.3) is 17.7 Å². The van der Waals surface area contributed by atoms with E-state index in [9.17, 15) is 39.3 Å². The molecule has 1 aromatic carbocycles. The summed E-state index contributed by atoms with van der Waals surface area (Å²) in [4.78, 5) is 75.7. The number of fused-ring (bicyclic) bond motifs is 3. The first kappa shape index (κ1) is 34.3. The van der Waals surface area contributed by atoms with Crippen LogP contribution in [0.4, 0.5) is 5.13 Å². The number of carbonyl (C=O) groups excluding carboxylic acids is 3. The molecule has 3 fully saturated rings. The van der Waals surface area contributed by atoms with E-state index in [0.717, 1.165) is 11.3 Å². The van der Waals surface area contributed by atoms with Crippen LogP contribution in [0, 0.1) is 0 Å². The first-order valence-electron chi connectivity index (χ1n) is 15.0. The van der Waals surface area contributed by atoms with Gasteiger partial charge in [0.1, 0.15) is 29.4 Å². The SMILES string of the molecule is C[C@H](O/N=C(\C(=O)N[C@@H]1C(=O)N2C(C(=O)O)=C(C[N@+]34CC[C@H](C3)N(C(=O)c3ccc(O)c(O)c3Cl)CC4)CS[C@H]12)c1csc(N)n1)C(=O)O. The van der Waals surface area contributed by atoms with Gasteiger partial charge in [-0.3, -0.25) is 19.3 Å². The molecule has 4 aliphatic heterocycles. The Hall–Kier alpha value is -4.59. The molecule has 2 aromatic rings. The van der Waals surface area contributed by atoms with Crippen LogP contribution in [0.25, 0.3) is 0 Å². The molecule has 0 radical (unpaired) electrons. The standard InChI is InChI=1S/C29H30ClN7O10S2/c1-12(27(43)44)47-34-19(16-11-49-29(31)32-16)23(40)33-20-25(42)36-21(28(45)46)13(10-48-26(20)36)8-37-6-4-14(9-37)35(5-7-37)24(41)15-2-3-17(38)22(39)18(15)30/h2-3,11-12,14,20,26H,4-10H2,1H3,(H6-,31,32,33,34,38,39,40,41,43,44,45,46)/p+1/t12-,14+,20+,26+,37+/m0/s1. The molecule has 6 rings (SSSR count). The highest BCUT2D eigenvalue weighted by molar-refractivity contribution is 8.00. The number of hydrogen-bond acceptors (Lipinski definition) is 13. The summed E-state index contributed by atoms with van der Waals surface area (Å²) in [7, 11) is 0. The van der Waals surface area contributed by atoms with E-state index in [1.807, 2.05) is 0 Å². The number of rotatable bonds is 10. The maximum absolute atomic E-state index is 13.4. The Bertz CT molecular complexity index is 1840. The highest BCUT2D eigenvalue weighted by Gasteiger charge is 2.56. The summed E-state index contributed by atoms with van der Waals surface area (Å²) in [6.07, 6.45) is -0.734. The quantitative estimate of drug-likeness (QED) is 0.0639. The molecule has 5 heterocycles. The van der Waals surface area contributed by atoms with Gasteiger partial charge in [-0.2, -0.15) is 0 Å². The number of hydrogen-bond donors (Lipinski definition) is 6. The van der Waals surface area contributed by atoms with E-state index in [-0.39, 0.29) is 44.8 Å². The van der Waals surface area contributed by atoms with E-state index in [4.69, 9.17) is 27.3 Å². The predicted octanol–water partition coefficient (Wildman–Crippen LogP) is 0.467. The second-order valence-electron chi connectivity index (χ2n) is 12.1. The summed E-state index contributed by atoms with van der Waals surface area (Å²) < 4.78 is 0.522. The number of nitrogens with one attached hydrogen (secondary N) is 1. The van der Waals surface area contributed by atoms with Gasteiger partial charge in [0.2, 0.25) is 6.10 Å². The second-order valence-corrected chi connectivity index (χ2v) is 14.5. The lowest BCUT2D eigenvalue weighted by molar-refractivity contribution is -0.916. The summed E-state index contributed by atoms with van der Waals surface area (Å²) in [6.45, 7) is 3.66. The summed E-state index contributed by atoms with van der Waals surface area (Å²) in [5, 5.41) is 45.9. The van der Waals surface area contributed by atoms with Gasteiger partial charge in [-0.05, 0) is 19.1 Å². The molecule has 1 aromatic heterocycles. The topological polar surface area (TPSA) is 245 Å².